The first-order valence-electron chi connectivity index (χ1n) is 13.4. The summed E-state index contributed by atoms with van der Waals surface area (Å²) in [6, 6.07) is 10.9. The largest absolute Gasteiger partial charge is 0.489 e. The molecule has 11 heteroatoms. The van der Waals surface area contributed by atoms with Crippen LogP contribution in [0.3, 0.4) is 0 Å². The number of hydrogen-bond acceptors (Lipinski definition) is 7. The van der Waals surface area contributed by atoms with E-state index in [4.69, 9.17) is 18.6 Å². The van der Waals surface area contributed by atoms with E-state index in [0.717, 1.165) is 0 Å². The van der Waals surface area contributed by atoms with Crippen molar-refractivity contribution in [3.63, 3.8) is 0 Å². The third kappa shape index (κ3) is 7.58. The molecule has 2 heterocycles. The maximum Gasteiger partial charge on any atom is 0.310 e. The van der Waals surface area contributed by atoms with Crippen molar-refractivity contribution in [2.45, 2.75) is 58.6 Å². The zero-order valence-corrected chi connectivity index (χ0v) is 25.0. The van der Waals surface area contributed by atoms with Crippen molar-refractivity contribution < 1.29 is 36.4 Å². The first kappa shape index (κ1) is 31.3. The molecule has 0 bridgehead atoms. The van der Waals surface area contributed by atoms with Crippen LogP contribution in [0.15, 0.2) is 53.1 Å². The lowest BCUT2D eigenvalue weighted by Gasteiger charge is -2.18. The maximum absolute atomic E-state index is 15.9. The van der Waals surface area contributed by atoms with Gasteiger partial charge in [-0.2, -0.15) is 0 Å². The van der Waals surface area contributed by atoms with Gasteiger partial charge in [-0.3, -0.25) is 9.78 Å². The Labute approximate surface area is 246 Å². The number of rotatable bonds is 12. The summed E-state index contributed by atoms with van der Waals surface area (Å²) < 4.78 is 66.9. The minimum absolute atomic E-state index is 0.0314. The Morgan fingerprint density at radius 1 is 1.07 bits per heavy atom. The molecule has 0 spiro atoms. The van der Waals surface area contributed by atoms with Crippen molar-refractivity contribution in [1.82, 2.24) is 9.71 Å². The Morgan fingerprint density at radius 3 is 2.57 bits per heavy atom. The lowest BCUT2D eigenvalue weighted by atomic mass is 10.00. The lowest BCUT2D eigenvalue weighted by molar-refractivity contribution is -0.142. The third-order valence-corrected chi connectivity index (χ3v) is 7.77. The van der Waals surface area contributed by atoms with Gasteiger partial charge in [0.25, 0.3) is 0 Å². The molecule has 2 aromatic heterocycles. The molecule has 4 aromatic rings. The number of fused-ring (bicyclic) bond motifs is 1. The van der Waals surface area contributed by atoms with Crippen LogP contribution >= 0.6 is 0 Å². The molecule has 1 atom stereocenters. The quantitative estimate of drug-likeness (QED) is 0.195. The number of methoxy groups -OCH3 is 1. The second-order valence-electron chi connectivity index (χ2n) is 10.6. The summed E-state index contributed by atoms with van der Waals surface area (Å²) in [7, 11) is 0.139. The Bertz CT molecular complexity index is 1600. The van der Waals surface area contributed by atoms with E-state index in [0.29, 0.717) is 39.2 Å². The second kappa shape index (κ2) is 13.5. The fraction of sp³-hybridized carbons (Fsp3) is 0.355. The van der Waals surface area contributed by atoms with Crippen molar-refractivity contribution in [2.24, 2.45) is 0 Å². The summed E-state index contributed by atoms with van der Waals surface area (Å²) in [6.45, 7) is 7.60. The van der Waals surface area contributed by atoms with Crippen LogP contribution in [0, 0.1) is 11.6 Å². The minimum Gasteiger partial charge on any atom is -0.489 e. The van der Waals surface area contributed by atoms with Crippen LogP contribution < -0.4 is 9.46 Å². The fourth-order valence-corrected chi connectivity index (χ4v) is 4.99. The van der Waals surface area contributed by atoms with Gasteiger partial charge in [0.1, 0.15) is 36.1 Å². The number of nitrogens with one attached hydrogen (secondary N) is 1. The van der Waals surface area contributed by atoms with Crippen LogP contribution in [0.5, 0.6) is 5.75 Å². The topological polar surface area (TPSA) is 99.9 Å². The van der Waals surface area contributed by atoms with E-state index in [1.807, 2.05) is 32.9 Å². The zero-order chi connectivity index (χ0) is 30.4. The second-order valence-corrected chi connectivity index (χ2v) is 12.6. The van der Waals surface area contributed by atoms with E-state index >= 15 is 4.39 Å². The van der Waals surface area contributed by atoms with Gasteiger partial charge in [-0.05, 0) is 75.7 Å². The number of hydrogen-bond donors (Lipinski definition) is 1. The highest BCUT2D eigenvalue weighted by molar-refractivity contribution is 7.84. The molecule has 4 rings (SSSR count). The molecule has 2 aromatic carbocycles. The van der Waals surface area contributed by atoms with Crippen LogP contribution in [0.2, 0.25) is 0 Å². The number of nitrogens with zero attached hydrogens (tertiary/aromatic N) is 1. The molecule has 1 N–H and O–H groups in total. The summed E-state index contributed by atoms with van der Waals surface area (Å²) in [5.74, 6) is -0.687. The van der Waals surface area contributed by atoms with Crippen molar-refractivity contribution in [3.8, 4) is 16.9 Å². The van der Waals surface area contributed by atoms with Crippen LogP contribution in [0.4, 0.5) is 8.78 Å². The summed E-state index contributed by atoms with van der Waals surface area (Å²) in [5, 5.41) is 0.703. The molecule has 0 fully saturated rings. The highest BCUT2D eigenvalue weighted by Crippen LogP contribution is 2.35. The number of carbonyl (C=O) groups excluding carboxylic acids is 1. The van der Waals surface area contributed by atoms with Crippen LogP contribution in [0.25, 0.3) is 22.1 Å². The van der Waals surface area contributed by atoms with E-state index in [1.165, 1.54) is 24.4 Å². The van der Waals surface area contributed by atoms with Crippen molar-refractivity contribution >= 4 is 27.9 Å². The van der Waals surface area contributed by atoms with Crippen LogP contribution in [0.1, 0.15) is 50.3 Å². The average molecular weight is 601 g/mol. The van der Waals surface area contributed by atoms with Gasteiger partial charge in [0, 0.05) is 35.4 Å². The normalized spacial score (nSPS) is 12.5. The Hall–Kier alpha value is -3.67. The van der Waals surface area contributed by atoms with E-state index in [-0.39, 0.29) is 44.0 Å². The third-order valence-electron chi connectivity index (χ3n) is 6.25. The van der Waals surface area contributed by atoms with Gasteiger partial charge >= 0.3 is 5.97 Å². The molecule has 0 amide bonds. The van der Waals surface area contributed by atoms with Gasteiger partial charge < -0.3 is 18.6 Å². The number of benzene rings is 2. The molecule has 42 heavy (non-hydrogen) atoms. The van der Waals surface area contributed by atoms with E-state index in [2.05, 4.69) is 9.71 Å². The number of esters is 1. The van der Waals surface area contributed by atoms with Gasteiger partial charge in [-0.1, -0.05) is 0 Å². The molecular weight excluding hydrogens is 566 g/mol. The van der Waals surface area contributed by atoms with Crippen molar-refractivity contribution in [1.29, 1.82) is 0 Å². The number of ether oxygens (including phenoxy) is 3. The smallest absolute Gasteiger partial charge is 0.310 e. The van der Waals surface area contributed by atoms with Gasteiger partial charge in [0.2, 0.25) is 0 Å². The van der Waals surface area contributed by atoms with E-state index < -0.39 is 33.3 Å². The SMILES string of the molecule is CCOC(=O)Cc1cc(F)ccc1OCc1cc(-c2ccnc(CN[S@@](=O)C(C)(C)C)c2F)c2oc(COC)cc2c1. The number of halogens is 2. The highest BCUT2D eigenvalue weighted by Gasteiger charge is 2.22. The van der Waals surface area contributed by atoms with E-state index in [9.17, 15) is 13.4 Å². The number of furan rings is 1. The number of carbonyl (C=O) groups is 1. The molecule has 0 aliphatic carbocycles. The predicted octanol–water partition coefficient (Wildman–Crippen LogP) is 6.16. The molecule has 0 unspecified atom stereocenters. The fourth-order valence-electron chi connectivity index (χ4n) is 4.29. The molecule has 0 aliphatic rings. The summed E-state index contributed by atoms with van der Waals surface area (Å²) >= 11 is 0. The summed E-state index contributed by atoms with van der Waals surface area (Å²) in [6.07, 6.45) is 1.34. The van der Waals surface area contributed by atoms with Crippen LogP contribution in [-0.2, 0) is 51.4 Å². The zero-order valence-electron chi connectivity index (χ0n) is 24.2. The number of aromatic nitrogens is 1. The van der Waals surface area contributed by atoms with Gasteiger partial charge in [0.05, 0.1) is 41.0 Å². The highest BCUT2D eigenvalue weighted by atomic mass is 32.2. The molecule has 0 saturated carbocycles. The molecule has 0 radical (unpaired) electrons. The first-order valence-corrected chi connectivity index (χ1v) is 14.5. The summed E-state index contributed by atoms with van der Waals surface area (Å²) in [5.41, 5.74) is 2.32. The minimum atomic E-state index is -1.41. The Kier molecular flexibility index (Phi) is 10.1. The van der Waals surface area contributed by atoms with Gasteiger partial charge in [-0.25, -0.2) is 17.7 Å². The van der Waals surface area contributed by atoms with Crippen LogP contribution in [-0.4, -0.2) is 33.6 Å². The predicted molar refractivity (Wildman–Crippen MR) is 156 cm³/mol. The molecule has 0 saturated heterocycles. The number of pyridine rings is 1. The Morgan fingerprint density at radius 2 is 1.86 bits per heavy atom. The standard InChI is InChI=1S/C31H34F2N2O6S/c1-6-39-28(36)15-20-13-22(32)7-8-27(20)40-17-19-11-21-14-23(18-38-5)41-30(21)25(12-19)24-9-10-34-26(29(24)33)16-35-42(37)31(2,3)4/h7-14,35H,6,15-18H2,1-5H3/t42-/m0/s1. The van der Waals surface area contributed by atoms with Gasteiger partial charge in [0.15, 0.2) is 5.82 Å². The van der Waals surface area contributed by atoms with Crippen molar-refractivity contribution in [3.05, 3.63) is 82.9 Å². The first-order chi connectivity index (χ1) is 20.0. The average Bonchev–Trinajstić information content (AvgIpc) is 3.34. The molecule has 0 aliphatic heterocycles. The molecular formula is C31H34F2N2O6S. The van der Waals surface area contributed by atoms with Gasteiger partial charge in [-0.15, -0.1) is 0 Å². The molecule has 224 valence electrons. The Balaban J connectivity index is 1.69. The van der Waals surface area contributed by atoms with E-state index in [1.54, 1.807) is 26.2 Å². The summed E-state index contributed by atoms with van der Waals surface area (Å²) in [4.78, 5) is 16.2. The lowest BCUT2D eigenvalue weighted by Crippen LogP contribution is -2.33. The van der Waals surface area contributed by atoms with Crippen molar-refractivity contribution in [2.75, 3.05) is 13.7 Å². The monoisotopic (exact) mass is 600 g/mol. The maximum atomic E-state index is 15.9. The molecule has 8 nitrogen and oxygen atoms in total.